The molecule has 1 rings (SSSR count). The molecule has 0 unspecified atom stereocenters. The van der Waals surface area contributed by atoms with E-state index in [-0.39, 0.29) is 6.10 Å². The van der Waals surface area contributed by atoms with Crippen LogP contribution >= 0.6 is 0 Å². The van der Waals surface area contributed by atoms with Crippen LogP contribution in [0, 0.1) is 0 Å². The zero-order chi connectivity index (χ0) is 9.68. The fourth-order valence-electron chi connectivity index (χ4n) is 1.36. The number of aliphatic hydroxyl groups is 1. The lowest BCUT2D eigenvalue weighted by Crippen LogP contribution is -1.99. The van der Waals surface area contributed by atoms with Gasteiger partial charge in [0.25, 0.3) is 0 Å². The molecule has 13 heavy (non-hydrogen) atoms. The maximum atomic E-state index is 9.16. The second kappa shape index (κ2) is 4.83. The molecule has 0 aliphatic heterocycles. The van der Waals surface area contributed by atoms with Gasteiger partial charge >= 0.3 is 0 Å². The molecule has 0 aliphatic carbocycles. The van der Waals surface area contributed by atoms with Gasteiger partial charge in [-0.1, -0.05) is 42.0 Å². The summed E-state index contributed by atoms with van der Waals surface area (Å²) in [5.41, 5.74) is 2.40. The van der Waals surface area contributed by atoms with Gasteiger partial charge in [0.15, 0.2) is 0 Å². The van der Waals surface area contributed by atoms with Crippen molar-refractivity contribution in [3.05, 3.63) is 41.5 Å². The lowest BCUT2D eigenvalue weighted by molar-refractivity contribution is 0.195. The van der Waals surface area contributed by atoms with Gasteiger partial charge in [0.1, 0.15) is 0 Å². The van der Waals surface area contributed by atoms with Gasteiger partial charge in [-0.15, -0.1) is 0 Å². The number of hydrogen-bond donors (Lipinski definition) is 1. The molecule has 1 aromatic carbocycles. The molecule has 0 saturated carbocycles. The summed E-state index contributed by atoms with van der Waals surface area (Å²) < 4.78 is 0. The molecule has 0 bridgehead atoms. The van der Waals surface area contributed by atoms with Crippen molar-refractivity contribution in [1.82, 2.24) is 0 Å². The molecule has 0 amide bonds. The highest BCUT2D eigenvalue weighted by Gasteiger charge is 1.96. The minimum Gasteiger partial charge on any atom is -0.393 e. The number of hydrogen-bond acceptors (Lipinski definition) is 1. The van der Waals surface area contributed by atoms with Crippen molar-refractivity contribution in [3.8, 4) is 0 Å². The summed E-state index contributed by atoms with van der Waals surface area (Å²) in [6.07, 6.45) is 2.60. The van der Waals surface area contributed by atoms with E-state index in [0.29, 0.717) is 0 Å². The third-order valence-corrected chi connectivity index (χ3v) is 1.83. The van der Waals surface area contributed by atoms with Crippen LogP contribution in [0.15, 0.2) is 35.9 Å². The van der Waals surface area contributed by atoms with Crippen molar-refractivity contribution in [2.45, 2.75) is 26.4 Å². The Morgan fingerprint density at radius 3 is 2.54 bits per heavy atom. The van der Waals surface area contributed by atoms with Crippen LogP contribution in [-0.2, 0) is 0 Å². The molecule has 1 aromatic rings. The molecule has 0 aliphatic rings. The van der Waals surface area contributed by atoms with E-state index in [4.69, 9.17) is 5.11 Å². The smallest absolute Gasteiger partial charge is 0.0549 e. The first-order chi connectivity index (χ1) is 6.18. The molecule has 70 valence electrons. The maximum Gasteiger partial charge on any atom is 0.0549 e. The maximum absolute atomic E-state index is 9.16. The Kier molecular flexibility index (Phi) is 3.71. The average molecular weight is 176 g/mol. The van der Waals surface area contributed by atoms with Crippen LogP contribution < -0.4 is 0 Å². The molecular weight excluding hydrogens is 160 g/mol. The van der Waals surface area contributed by atoms with Gasteiger partial charge in [0.05, 0.1) is 6.10 Å². The zero-order valence-corrected chi connectivity index (χ0v) is 8.20. The fourth-order valence-corrected chi connectivity index (χ4v) is 1.36. The molecule has 1 heteroatoms. The Bertz CT molecular complexity index is 272. The SMILES string of the molecule is CC(=Cc1ccccc1)C[C@@H](C)O. The topological polar surface area (TPSA) is 20.2 Å². The van der Waals surface area contributed by atoms with Crippen molar-refractivity contribution in [1.29, 1.82) is 0 Å². The van der Waals surface area contributed by atoms with Crippen LogP contribution in [0.2, 0.25) is 0 Å². The monoisotopic (exact) mass is 176 g/mol. The summed E-state index contributed by atoms with van der Waals surface area (Å²) in [5, 5.41) is 9.16. The predicted molar refractivity (Wildman–Crippen MR) is 56.4 cm³/mol. The summed E-state index contributed by atoms with van der Waals surface area (Å²) in [6, 6.07) is 10.2. The summed E-state index contributed by atoms with van der Waals surface area (Å²) in [5.74, 6) is 0. The molecule has 0 aromatic heterocycles. The van der Waals surface area contributed by atoms with Crippen molar-refractivity contribution < 1.29 is 5.11 Å². The summed E-state index contributed by atoms with van der Waals surface area (Å²) in [7, 11) is 0. The highest BCUT2D eigenvalue weighted by Crippen LogP contribution is 2.10. The Hall–Kier alpha value is -1.08. The van der Waals surface area contributed by atoms with Crippen molar-refractivity contribution in [3.63, 3.8) is 0 Å². The van der Waals surface area contributed by atoms with E-state index in [1.165, 1.54) is 11.1 Å². The van der Waals surface area contributed by atoms with Gasteiger partial charge in [-0.3, -0.25) is 0 Å². The summed E-state index contributed by atoms with van der Waals surface area (Å²) in [6.45, 7) is 3.85. The first kappa shape index (κ1) is 10.0. The quantitative estimate of drug-likeness (QED) is 0.750. The van der Waals surface area contributed by atoms with E-state index in [1.807, 2.05) is 32.0 Å². The first-order valence-corrected chi connectivity index (χ1v) is 4.59. The lowest BCUT2D eigenvalue weighted by atomic mass is 10.1. The second-order valence-corrected chi connectivity index (χ2v) is 3.45. The molecular formula is C12H16O. The third kappa shape index (κ3) is 3.90. The fraction of sp³-hybridized carbons (Fsp3) is 0.333. The highest BCUT2D eigenvalue weighted by atomic mass is 16.3. The van der Waals surface area contributed by atoms with Crippen LogP contribution in [0.1, 0.15) is 25.8 Å². The van der Waals surface area contributed by atoms with Crippen LogP contribution in [0.25, 0.3) is 6.08 Å². The van der Waals surface area contributed by atoms with Gasteiger partial charge < -0.3 is 5.11 Å². The molecule has 1 atom stereocenters. The van der Waals surface area contributed by atoms with Crippen molar-refractivity contribution in [2.24, 2.45) is 0 Å². The van der Waals surface area contributed by atoms with E-state index in [0.717, 1.165) is 6.42 Å². The summed E-state index contributed by atoms with van der Waals surface area (Å²) in [4.78, 5) is 0. The van der Waals surface area contributed by atoms with Crippen molar-refractivity contribution in [2.75, 3.05) is 0 Å². The lowest BCUT2D eigenvalue weighted by Gasteiger charge is -2.03. The zero-order valence-electron chi connectivity index (χ0n) is 8.20. The minimum absolute atomic E-state index is 0.250. The number of rotatable bonds is 3. The van der Waals surface area contributed by atoms with E-state index in [1.54, 1.807) is 0 Å². The van der Waals surface area contributed by atoms with E-state index in [2.05, 4.69) is 18.2 Å². The van der Waals surface area contributed by atoms with E-state index >= 15 is 0 Å². The molecule has 0 spiro atoms. The highest BCUT2D eigenvalue weighted by molar-refractivity contribution is 5.51. The van der Waals surface area contributed by atoms with Crippen LogP contribution in [0.3, 0.4) is 0 Å². The van der Waals surface area contributed by atoms with Gasteiger partial charge in [-0.25, -0.2) is 0 Å². The second-order valence-electron chi connectivity index (χ2n) is 3.45. The number of aliphatic hydroxyl groups excluding tert-OH is 1. The first-order valence-electron chi connectivity index (χ1n) is 4.59. The molecule has 0 heterocycles. The Morgan fingerprint density at radius 2 is 2.00 bits per heavy atom. The van der Waals surface area contributed by atoms with Gasteiger partial charge in [0, 0.05) is 0 Å². The van der Waals surface area contributed by atoms with Crippen LogP contribution in [-0.4, -0.2) is 11.2 Å². The minimum atomic E-state index is -0.250. The largest absolute Gasteiger partial charge is 0.393 e. The van der Waals surface area contributed by atoms with Gasteiger partial charge in [-0.05, 0) is 25.8 Å². The van der Waals surface area contributed by atoms with Gasteiger partial charge in [0.2, 0.25) is 0 Å². The number of benzene rings is 1. The predicted octanol–water partition coefficient (Wildman–Crippen LogP) is 2.86. The Balaban J connectivity index is 2.66. The summed E-state index contributed by atoms with van der Waals surface area (Å²) >= 11 is 0. The molecule has 1 nitrogen and oxygen atoms in total. The van der Waals surface area contributed by atoms with E-state index in [9.17, 15) is 0 Å². The Labute approximate surface area is 79.7 Å². The normalized spacial score (nSPS) is 14.2. The molecule has 0 saturated heterocycles. The average Bonchev–Trinajstić information content (AvgIpc) is 2.04. The van der Waals surface area contributed by atoms with Crippen LogP contribution in [0.5, 0.6) is 0 Å². The van der Waals surface area contributed by atoms with E-state index < -0.39 is 0 Å². The standard InChI is InChI=1S/C12H16O/c1-10(8-11(2)13)9-12-6-4-3-5-7-12/h3-7,9,11,13H,8H2,1-2H3/t11-/m1/s1. The van der Waals surface area contributed by atoms with Crippen molar-refractivity contribution >= 4 is 6.08 Å². The van der Waals surface area contributed by atoms with Gasteiger partial charge in [-0.2, -0.15) is 0 Å². The molecule has 0 radical (unpaired) electrons. The third-order valence-electron chi connectivity index (χ3n) is 1.83. The Morgan fingerprint density at radius 1 is 1.38 bits per heavy atom. The molecule has 0 fully saturated rings. The van der Waals surface area contributed by atoms with Crippen LogP contribution in [0.4, 0.5) is 0 Å². The molecule has 1 N–H and O–H groups in total.